The number of rotatable bonds is 13. The van der Waals surface area contributed by atoms with Crippen molar-refractivity contribution < 1.29 is 32.2 Å². The molecule has 0 saturated heterocycles. The third-order valence-corrected chi connectivity index (χ3v) is 13.3. The molecule has 318 valence electrons. The summed E-state index contributed by atoms with van der Waals surface area (Å²) in [7, 11) is -4.12. The van der Waals surface area contributed by atoms with Crippen LogP contribution >= 0.6 is 0 Å². The molecule has 1 aliphatic heterocycles. The molecule has 1 amide bonds. The average molecular weight is 843 g/mol. The van der Waals surface area contributed by atoms with Crippen LogP contribution in [-0.4, -0.2) is 51.2 Å². The molecule has 5 aromatic carbocycles. The van der Waals surface area contributed by atoms with E-state index in [1.54, 1.807) is 13.8 Å². The van der Waals surface area contributed by atoms with Gasteiger partial charge in [-0.2, -0.15) is 0 Å². The second-order valence-corrected chi connectivity index (χ2v) is 18.3. The van der Waals surface area contributed by atoms with Crippen molar-refractivity contribution in [1.29, 1.82) is 0 Å². The van der Waals surface area contributed by atoms with Crippen LogP contribution in [-0.2, 0) is 30.7 Å². The van der Waals surface area contributed by atoms with Gasteiger partial charge in [0.1, 0.15) is 24.0 Å². The van der Waals surface area contributed by atoms with Gasteiger partial charge in [-0.3, -0.25) is 4.99 Å². The minimum Gasteiger partial charge on any atom is -0.487 e. The van der Waals surface area contributed by atoms with Gasteiger partial charge in [0, 0.05) is 24.4 Å². The number of carbonyl (C=O) groups is 2. The molecule has 61 heavy (non-hydrogen) atoms. The minimum absolute atomic E-state index is 0.0487. The molecule has 1 atom stereocenters. The summed E-state index contributed by atoms with van der Waals surface area (Å²) in [5, 5.41) is 2.77. The molecule has 2 aliphatic rings. The van der Waals surface area contributed by atoms with E-state index in [-0.39, 0.29) is 42.8 Å². The number of amides is 1. The van der Waals surface area contributed by atoms with E-state index < -0.39 is 39.8 Å². The number of fused-ring (bicyclic) bond motifs is 4. The summed E-state index contributed by atoms with van der Waals surface area (Å²) in [6.07, 6.45) is -0.610. The van der Waals surface area contributed by atoms with Crippen molar-refractivity contribution in [3.8, 4) is 16.9 Å². The second kappa shape index (κ2) is 17.5. The molecule has 5 aromatic rings. The third kappa shape index (κ3) is 9.29. The summed E-state index contributed by atoms with van der Waals surface area (Å²) >= 11 is 0. The molecule has 0 aromatic heterocycles. The molecule has 0 spiro atoms. The number of esters is 1. The Bertz CT molecular complexity index is 2510. The molecule has 0 saturated carbocycles. The van der Waals surface area contributed by atoms with Gasteiger partial charge in [-0.05, 0) is 111 Å². The Labute approximate surface area is 358 Å². The summed E-state index contributed by atoms with van der Waals surface area (Å²) in [5.74, 6) is -0.409. The topological polar surface area (TPSA) is 158 Å². The SMILES string of the molecule is Cc1ccc(C(OC(=O)[C@H](CCCN=C(N)NS(=O)(=O)c2c(C)c(C)c3c(c2C)CC(C)(C)O3)NC(=O)OCC2c3ccccc3-c3ccccc32)c2ccc(C)cc2)cc1. The molecule has 0 unspecified atom stereocenters. The number of alkyl carbamates (subject to hydrolysis) is 1. The first-order valence-electron chi connectivity index (χ1n) is 20.6. The Morgan fingerprint density at radius 2 is 1.38 bits per heavy atom. The van der Waals surface area contributed by atoms with Crippen LogP contribution in [0.2, 0.25) is 0 Å². The number of benzene rings is 5. The van der Waals surface area contributed by atoms with E-state index in [1.165, 1.54) is 0 Å². The lowest BCUT2D eigenvalue weighted by Gasteiger charge is -2.24. The Balaban J connectivity index is 1.07. The lowest BCUT2D eigenvalue weighted by molar-refractivity contribution is -0.150. The molecule has 0 fully saturated rings. The number of hydrogen-bond donors (Lipinski definition) is 3. The van der Waals surface area contributed by atoms with Gasteiger partial charge in [0.25, 0.3) is 10.0 Å². The highest BCUT2D eigenvalue weighted by molar-refractivity contribution is 7.90. The van der Waals surface area contributed by atoms with E-state index in [9.17, 15) is 18.0 Å². The highest BCUT2D eigenvalue weighted by Gasteiger charge is 2.37. The average Bonchev–Trinajstić information content (AvgIpc) is 3.73. The van der Waals surface area contributed by atoms with Crippen molar-refractivity contribution >= 4 is 28.0 Å². The van der Waals surface area contributed by atoms with E-state index in [0.29, 0.717) is 17.5 Å². The number of aryl methyl sites for hydroxylation is 2. The monoisotopic (exact) mass is 842 g/mol. The maximum absolute atomic E-state index is 14.2. The van der Waals surface area contributed by atoms with Crippen LogP contribution in [0.25, 0.3) is 11.1 Å². The van der Waals surface area contributed by atoms with E-state index in [2.05, 4.69) is 27.2 Å². The van der Waals surface area contributed by atoms with Crippen LogP contribution in [0.3, 0.4) is 0 Å². The smallest absolute Gasteiger partial charge is 0.407 e. The lowest BCUT2D eigenvalue weighted by atomic mass is 9.94. The summed E-state index contributed by atoms with van der Waals surface area (Å²) in [6.45, 7) is 13.4. The van der Waals surface area contributed by atoms with E-state index >= 15 is 0 Å². The number of carbonyl (C=O) groups excluding carboxylic acids is 2. The maximum atomic E-state index is 14.2. The molecule has 11 nitrogen and oxygen atoms in total. The van der Waals surface area contributed by atoms with Gasteiger partial charge in [0.05, 0.1) is 4.90 Å². The number of hydrogen-bond acceptors (Lipinski definition) is 8. The first-order chi connectivity index (χ1) is 29.0. The Morgan fingerprint density at radius 1 is 0.820 bits per heavy atom. The number of ether oxygens (including phenoxy) is 3. The zero-order chi connectivity index (χ0) is 43.6. The van der Waals surface area contributed by atoms with Crippen molar-refractivity contribution in [2.24, 2.45) is 10.7 Å². The van der Waals surface area contributed by atoms with E-state index in [1.807, 2.05) is 120 Å². The van der Waals surface area contributed by atoms with Gasteiger partial charge in [0.2, 0.25) is 5.96 Å². The number of nitrogens with two attached hydrogens (primary N) is 1. The fraction of sp³-hybridized carbons (Fsp3) is 0.327. The van der Waals surface area contributed by atoms with Gasteiger partial charge in [-0.1, -0.05) is 108 Å². The summed E-state index contributed by atoms with van der Waals surface area (Å²) in [6, 6.07) is 30.5. The second-order valence-electron chi connectivity index (χ2n) is 16.7. The molecule has 0 bridgehead atoms. The molecular weight excluding hydrogens is 789 g/mol. The van der Waals surface area contributed by atoms with Crippen LogP contribution in [0.4, 0.5) is 4.79 Å². The van der Waals surface area contributed by atoms with Crippen molar-refractivity contribution in [2.45, 2.75) is 96.3 Å². The maximum Gasteiger partial charge on any atom is 0.407 e. The highest BCUT2D eigenvalue weighted by Crippen LogP contribution is 2.45. The first kappa shape index (κ1) is 43.0. The zero-order valence-electron chi connectivity index (χ0n) is 35.8. The van der Waals surface area contributed by atoms with Crippen molar-refractivity contribution in [1.82, 2.24) is 10.0 Å². The van der Waals surface area contributed by atoms with Crippen molar-refractivity contribution in [3.63, 3.8) is 0 Å². The van der Waals surface area contributed by atoms with Crippen molar-refractivity contribution in [2.75, 3.05) is 13.2 Å². The predicted molar refractivity (Wildman–Crippen MR) is 237 cm³/mol. The standard InChI is InChI=1S/C49H54N4O7S/c1-29-18-22-34(23-19-29)44(35-24-20-30(2)21-25-35)59-46(54)42(52-48(55)58-28-41-38-15-10-8-13-36(38)37-14-9-11-16-39(37)41)17-12-26-51-47(50)53-61(56,57)45-32(4)31(3)43-40(33(45)5)27-49(6,7)60-43/h8-11,13-16,18-25,41-42,44H,12,17,26-28H2,1-7H3,(H,52,55)(H3,50,51,53)/t42-/m0/s1. The Hall–Kier alpha value is -6.14. The molecule has 4 N–H and O–H groups in total. The fourth-order valence-corrected chi connectivity index (χ4v) is 9.93. The van der Waals surface area contributed by atoms with Crippen LogP contribution in [0, 0.1) is 34.6 Å². The number of nitrogens with one attached hydrogen (secondary N) is 2. The lowest BCUT2D eigenvalue weighted by Crippen LogP contribution is -2.43. The van der Waals surface area contributed by atoms with E-state index in [4.69, 9.17) is 19.9 Å². The van der Waals surface area contributed by atoms with Crippen LogP contribution in [0.1, 0.15) is 94.3 Å². The van der Waals surface area contributed by atoms with Crippen LogP contribution < -0.4 is 20.5 Å². The largest absolute Gasteiger partial charge is 0.487 e. The summed E-state index contributed by atoms with van der Waals surface area (Å²) < 4.78 is 48.2. The Kier molecular flexibility index (Phi) is 12.3. The molecular formula is C49H54N4O7S. The fourth-order valence-electron chi connectivity index (χ4n) is 8.40. The summed E-state index contributed by atoms with van der Waals surface area (Å²) in [4.78, 5) is 32.2. The predicted octanol–water partition coefficient (Wildman–Crippen LogP) is 8.56. The van der Waals surface area contributed by atoms with Gasteiger partial charge in [-0.15, -0.1) is 0 Å². The molecule has 7 rings (SSSR count). The minimum atomic E-state index is -4.12. The molecule has 12 heteroatoms. The summed E-state index contributed by atoms with van der Waals surface area (Å²) in [5.41, 5.74) is 16.5. The van der Waals surface area contributed by atoms with Gasteiger partial charge in [-0.25, -0.2) is 22.7 Å². The van der Waals surface area contributed by atoms with Gasteiger partial charge in [0.15, 0.2) is 6.10 Å². The number of guanidine groups is 1. The highest BCUT2D eigenvalue weighted by atomic mass is 32.2. The number of sulfonamides is 1. The quantitative estimate of drug-likeness (QED) is 0.0461. The van der Waals surface area contributed by atoms with Crippen LogP contribution in [0.15, 0.2) is 107 Å². The first-order valence-corrected chi connectivity index (χ1v) is 22.1. The van der Waals surface area contributed by atoms with Gasteiger partial charge < -0.3 is 25.3 Å². The molecule has 1 aliphatic carbocycles. The normalized spacial score (nSPS) is 14.7. The molecule has 0 radical (unpaired) electrons. The zero-order valence-corrected chi connectivity index (χ0v) is 36.6. The van der Waals surface area contributed by atoms with Crippen LogP contribution in [0.5, 0.6) is 5.75 Å². The third-order valence-electron chi connectivity index (χ3n) is 11.6. The molecule has 1 heterocycles. The number of nitrogens with zero attached hydrogens (tertiary/aromatic N) is 1. The number of aliphatic imine (C=N–C) groups is 1. The van der Waals surface area contributed by atoms with E-state index in [0.717, 1.165) is 61.4 Å². The van der Waals surface area contributed by atoms with Crippen molar-refractivity contribution in [3.05, 3.63) is 153 Å². The Morgan fingerprint density at radius 3 is 1.95 bits per heavy atom. The van der Waals surface area contributed by atoms with Gasteiger partial charge >= 0.3 is 12.1 Å².